The molecular weight excluding hydrogens is 228 g/mol. The van der Waals surface area contributed by atoms with E-state index in [4.69, 9.17) is 4.74 Å². The summed E-state index contributed by atoms with van der Waals surface area (Å²) in [5, 5.41) is 3.16. The summed E-state index contributed by atoms with van der Waals surface area (Å²) in [4.78, 5) is 11.2. The van der Waals surface area contributed by atoms with Crippen molar-refractivity contribution in [2.24, 2.45) is 0 Å². The van der Waals surface area contributed by atoms with Gasteiger partial charge in [0.25, 0.3) is 0 Å². The van der Waals surface area contributed by atoms with Gasteiger partial charge in [-0.25, -0.2) is 4.98 Å². The van der Waals surface area contributed by atoms with E-state index < -0.39 is 0 Å². The fraction of sp³-hybridized carbons (Fsp3) is 0.692. The summed E-state index contributed by atoms with van der Waals surface area (Å²) in [5.74, 6) is 1.72. The van der Waals surface area contributed by atoms with Crippen LogP contribution in [0.5, 0.6) is 0 Å². The standard InChI is InChI=1S/C13H22N4O/c1-5-14-13-15-6-9(2)12(16-13)17-7-11(4)18-8-10(17)3/h6,10-11H,5,7-8H2,1-4H3,(H,14,15,16). The van der Waals surface area contributed by atoms with Crippen LogP contribution in [0.1, 0.15) is 26.3 Å². The van der Waals surface area contributed by atoms with Crippen molar-refractivity contribution in [1.82, 2.24) is 9.97 Å². The first-order valence-electron chi connectivity index (χ1n) is 6.57. The first kappa shape index (κ1) is 13.1. The van der Waals surface area contributed by atoms with E-state index in [2.05, 4.69) is 41.0 Å². The molecule has 0 saturated carbocycles. The number of rotatable bonds is 3. The van der Waals surface area contributed by atoms with Crippen LogP contribution in [0.3, 0.4) is 0 Å². The average molecular weight is 250 g/mol. The third-order valence-corrected chi connectivity index (χ3v) is 3.16. The van der Waals surface area contributed by atoms with Gasteiger partial charge in [-0.2, -0.15) is 4.98 Å². The second kappa shape index (κ2) is 5.52. The number of aryl methyl sites for hydroxylation is 1. The van der Waals surface area contributed by atoms with Crippen LogP contribution in [-0.2, 0) is 4.74 Å². The lowest BCUT2D eigenvalue weighted by Crippen LogP contribution is -2.48. The summed E-state index contributed by atoms with van der Waals surface area (Å²) in [5.41, 5.74) is 1.11. The zero-order valence-corrected chi connectivity index (χ0v) is 11.6. The zero-order chi connectivity index (χ0) is 13.1. The van der Waals surface area contributed by atoms with E-state index in [1.54, 1.807) is 0 Å². The molecule has 2 rings (SSSR count). The van der Waals surface area contributed by atoms with Gasteiger partial charge in [-0.05, 0) is 27.7 Å². The summed E-state index contributed by atoms with van der Waals surface area (Å²) in [6, 6.07) is 0.351. The maximum Gasteiger partial charge on any atom is 0.224 e. The Labute approximate surface area is 109 Å². The van der Waals surface area contributed by atoms with Gasteiger partial charge in [0, 0.05) is 24.8 Å². The number of hydrogen-bond donors (Lipinski definition) is 1. The Bertz CT molecular complexity index is 410. The minimum Gasteiger partial charge on any atom is -0.375 e. The molecule has 5 nitrogen and oxygen atoms in total. The molecule has 0 bridgehead atoms. The predicted molar refractivity (Wildman–Crippen MR) is 73.2 cm³/mol. The van der Waals surface area contributed by atoms with Gasteiger partial charge in [-0.15, -0.1) is 0 Å². The molecule has 18 heavy (non-hydrogen) atoms. The first-order valence-corrected chi connectivity index (χ1v) is 6.57. The van der Waals surface area contributed by atoms with Crippen LogP contribution < -0.4 is 10.2 Å². The summed E-state index contributed by atoms with van der Waals surface area (Å²) < 4.78 is 5.66. The second-order valence-electron chi connectivity index (χ2n) is 4.88. The van der Waals surface area contributed by atoms with Gasteiger partial charge in [0.2, 0.25) is 5.95 Å². The number of ether oxygens (including phenoxy) is 1. The lowest BCUT2D eigenvalue weighted by atomic mass is 10.2. The van der Waals surface area contributed by atoms with Gasteiger partial charge in [0.05, 0.1) is 18.8 Å². The average Bonchev–Trinajstić information content (AvgIpc) is 2.35. The monoisotopic (exact) mass is 250 g/mol. The van der Waals surface area contributed by atoms with Crippen molar-refractivity contribution in [2.45, 2.75) is 39.8 Å². The summed E-state index contributed by atoms with van der Waals surface area (Å²) in [6.45, 7) is 10.8. The van der Waals surface area contributed by atoms with Crippen molar-refractivity contribution in [3.63, 3.8) is 0 Å². The molecule has 2 heterocycles. The highest BCUT2D eigenvalue weighted by atomic mass is 16.5. The molecule has 0 amide bonds. The fourth-order valence-corrected chi connectivity index (χ4v) is 2.17. The third kappa shape index (κ3) is 2.72. The molecule has 1 N–H and O–H groups in total. The quantitative estimate of drug-likeness (QED) is 0.887. The molecule has 2 unspecified atom stereocenters. The molecule has 0 aromatic carbocycles. The van der Waals surface area contributed by atoms with Gasteiger partial charge >= 0.3 is 0 Å². The maximum atomic E-state index is 5.66. The van der Waals surface area contributed by atoms with E-state index in [0.29, 0.717) is 12.0 Å². The van der Waals surface area contributed by atoms with E-state index in [-0.39, 0.29) is 6.10 Å². The van der Waals surface area contributed by atoms with E-state index >= 15 is 0 Å². The Hall–Kier alpha value is -1.36. The number of anilines is 2. The van der Waals surface area contributed by atoms with Gasteiger partial charge in [0.15, 0.2) is 0 Å². The summed E-state index contributed by atoms with van der Waals surface area (Å²) in [7, 11) is 0. The molecule has 0 aliphatic carbocycles. The SMILES string of the molecule is CCNc1ncc(C)c(N2CC(C)OCC2C)n1. The van der Waals surface area contributed by atoms with Crippen LogP contribution in [0.4, 0.5) is 11.8 Å². The molecule has 1 aromatic rings. The molecule has 1 saturated heterocycles. The lowest BCUT2D eigenvalue weighted by molar-refractivity contribution is 0.0340. The number of morpholine rings is 1. The molecule has 5 heteroatoms. The molecule has 1 aliphatic rings. The van der Waals surface area contributed by atoms with E-state index in [0.717, 1.165) is 31.1 Å². The highest BCUT2D eigenvalue weighted by Gasteiger charge is 2.26. The Morgan fingerprint density at radius 3 is 3.00 bits per heavy atom. The van der Waals surface area contributed by atoms with Crippen molar-refractivity contribution in [2.75, 3.05) is 29.9 Å². The Kier molecular flexibility index (Phi) is 4.01. The van der Waals surface area contributed by atoms with Crippen molar-refractivity contribution >= 4 is 11.8 Å². The molecule has 2 atom stereocenters. The summed E-state index contributed by atoms with van der Waals surface area (Å²) in [6.07, 6.45) is 2.13. The smallest absolute Gasteiger partial charge is 0.224 e. The highest BCUT2D eigenvalue weighted by Crippen LogP contribution is 2.23. The van der Waals surface area contributed by atoms with Gasteiger partial charge in [-0.1, -0.05) is 0 Å². The normalized spacial score (nSPS) is 24.1. The van der Waals surface area contributed by atoms with Crippen molar-refractivity contribution < 1.29 is 4.74 Å². The minimum atomic E-state index is 0.248. The van der Waals surface area contributed by atoms with Crippen molar-refractivity contribution in [1.29, 1.82) is 0 Å². The fourth-order valence-electron chi connectivity index (χ4n) is 2.17. The molecular formula is C13H22N4O. The van der Waals surface area contributed by atoms with E-state index in [1.165, 1.54) is 0 Å². The van der Waals surface area contributed by atoms with Crippen molar-refractivity contribution in [3.8, 4) is 0 Å². The first-order chi connectivity index (χ1) is 8.61. The van der Waals surface area contributed by atoms with Crippen molar-refractivity contribution in [3.05, 3.63) is 11.8 Å². The number of nitrogens with zero attached hydrogens (tertiary/aromatic N) is 3. The van der Waals surface area contributed by atoms with Crippen LogP contribution in [-0.4, -0.2) is 41.8 Å². The largest absolute Gasteiger partial charge is 0.375 e. The molecule has 1 aliphatic heterocycles. The van der Waals surface area contributed by atoms with E-state index in [1.807, 2.05) is 13.1 Å². The predicted octanol–water partition coefficient (Wildman–Crippen LogP) is 1.83. The van der Waals surface area contributed by atoms with Gasteiger partial charge in [-0.3, -0.25) is 0 Å². The number of hydrogen-bond acceptors (Lipinski definition) is 5. The number of aromatic nitrogens is 2. The molecule has 1 aromatic heterocycles. The number of nitrogens with one attached hydrogen (secondary N) is 1. The minimum absolute atomic E-state index is 0.248. The van der Waals surface area contributed by atoms with E-state index in [9.17, 15) is 0 Å². The highest BCUT2D eigenvalue weighted by molar-refractivity contribution is 5.50. The Morgan fingerprint density at radius 2 is 2.28 bits per heavy atom. The van der Waals surface area contributed by atoms with Gasteiger partial charge < -0.3 is 15.0 Å². The zero-order valence-electron chi connectivity index (χ0n) is 11.6. The summed E-state index contributed by atoms with van der Waals surface area (Å²) >= 11 is 0. The van der Waals surface area contributed by atoms with Gasteiger partial charge in [0.1, 0.15) is 5.82 Å². The Morgan fingerprint density at radius 1 is 1.50 bits per heavy atom. The van der Waals surface area contributed by atoms with Crippen LogP contribution in [0, 0.1) is 6.92 Å². The molecule has 100 valence electrons. The topological polar surface area (TPSA) is 50.3 Å². The van der Waals surface area contributed by atoms with Crippen LogP contribution in [0.25, 0.3) is 0 Å². The van der Waals surface area contributed by atoms with Crippen LogP contribution in [0.15, 0.2) is 6.20 Å². The Balaban J connectivity index is 2.27. The molecule has 0 radical (unpaired) electrons. The van der Waals surface area contributed by atoms with Crippen LogP contribution >= 0.6 is 0 Å². The molecule has 1 fully saturated rings. The maximum absolute atomic E-state index is 5.66. The van der Waals surface area contributed by atoms with Crippen LogP contribution in [0.2, 0.25) is 0 Å². The lowest BCUT2D eigenvalue weighted by Gasteiger charge is -2.38. The third-order valence-electron chi connectivity index (χ3n) is 3.16. The molecule has 0 spiro atoms. The second-order valence-corrected chi connectivity index (χ2v) is 4.88.